The van der Waals surface area contributed by atoms with E-state index >= 15 is 0 Å². The molecule has 2 aromatic rings. The molecule has 146 valence electrons. The van der Waals surface area contributed by atoms with Crippen LogP contribution in [0, 0.1) is 16.7 Å². The van der Waals surface area contributed by atoms with Gasteiger partial charge in [0.05, 0.1) is 30.0 Å². The lowest BCUT2D eigenvalue weighted by Gasteiger charge is -2.39. The summed E-state index contributed by atoms with van der Waals surface area (Å²) >= 11 is 7.63. The lowest BCUT2D eigenvalue weighted by atomic mass is 9.78. The normalized spacial score (nSPS) is 18.4. The van der Waals surface area contributed by atoms with Gasteiger partial charge in [0.25, 0.3) is 0 Å². The summed E-state index contributed by atoms with van der Waals surface area (Å²) in [5, 5.41) is 20.0. The zero-order chi connectivity index (χ0) is 19.6. The molecule has 0 aliphatic carbocycles. The van der Waals surface area contributed by atoms with Crippen molar-refractivity contribution >= 4 is 29.2 Å². The Bertz CT molecular complexity index is 902. The number of nitrogens with zero attached hydrogens (tertiary/aromatic N) is 4. The van der Waals surface area contributed by atoms with Gasteiger partial charge in [0.1, 0.15) is 16.8 Å². The molecule has 2 fully saturated rings. The molecule has 0 unspecified atom stereocenters. The largest absolute Gasteiger partial charge is 0.390 e. The van der Waals surface area contributed by atoms with Crippen molar-refractivity contribution in [3.63, 3.8) is 0 Å². The summed E-state index contributed by atoms with van der Waals surface area (Å²) in [6, 6.07) is 7.39. The molecule has 2 aliphatic rings. The van der Waals surface area contributed by atoms with E-state index in [9.17, 15) is 5.11 Å². The van der Waals surface area contributed by atoms with Gasteiger partial charge in [0.15, 0.2) is 5.82 Å². The average molecular weight is 417 g/mol. The van der Waals surface area contributed by atoms with Crippen LogP contribution in [0.4, 0.5) is 5.82 Å². The van der Waals surface area contributed by atoms with Crippen LogP contribution >= 0.6 is 23.4 Å². The Balaban J connectivity index is 1.52. The Labute approximate surface area is 173 Å². The Morgan fingerprint density at radius 3 is 2.82 bits per heavy atom. The lowest BCUT2D eigenvalue weighted by Crippen LogP contribution is -2.41. The van der Waals surface area contributed by atoms with Crippen LogP contribution in [0.2, 0.25) is 5.02 Å². The third-order valence-corrected chi connectivity index (χ3v) is 7.04. The molecule has 0 atom stereocenters. The van der Waals surface area contributed by atoms with Gasteiger partial charge in [-0.25, -0.2) is 9.97 Å². The second kappa shape index (κ2) is 8.26. The lowest BCUT2D eigenvalue weighted by molar-refractivity contribution is 0.133. The number of ether oxygens (including phenoxy) is 1. The average Bonchev–Trinajstić information content (AvgIpc) is 3.18. The molecular weight excluding hydrogens is 396 g/mol. The summed E-state index contributed by atoms with van der Waals surface area (Å²) < 4.78 is 5.60. The van der Waals surface area contributed by atoms with Crippen molar-refractivity contribution in [1.82, 2.24) is 9.97 Å². The maximum Gasteiger partial charge on any atom is 0.152 e. The molecule has 0 radical (unpaired) electrons. The van der Waals surface area contributed by atoms with Crippen LogP contribution in [0.25, 0.3) is 0 Å². The number of aliphatic hydroxyl groups is 1. The highest BCUT2D eigenvalue weighted by Gasteiger charge is 2.38. The van der Waals surface area contributed by atoms with Gasteiger partial charge in [0, 0.05) is 24.6 Å². The minimum atomic E-state index is -0.173. The van der Waals surface area contributed by atoms with Crippen molar-refractivity contribution in [3.8, 4) is 6.07 Å². The van der Waals surface area contributed by atoms with Crippen molar-refractivity contribution in [2.45, 2.75) is 35.8 Å². The first-order valence-electron chi connectivity index (χ1n) is 9.30. The van der Waals surface area contributed by atoms with Gasteiger partial charge >= 0.3 is 0 Å². The number of piperidine rings is 1. The fourth-order valence-corrected chi connectivity index (χ4v) is 4.96. The number of aromatic nitrogens is 2. The van der Waals surface area contributed by atoms with Crippen LogP contribution in [0.1, 0.15) is 30.5 Å². The Morgan fingerprint density at radius 1 is 1.32 bits per heavy atom. The first kappa shape index (κ1) is 19.5. The maximum atomic E-state index is 9.85. The highest BCUT2D eigenvalue weighted by Crippen LogP contribution is 2.40. The SMILES string of the molecule is N#Cc1cccc(Sc2cnc(N3CCC4(CCOC4)CC3)c(CO)n2)c1Cl. The Hall–Kier alpha value is -1.85. The number of halogens is 1. The van der Waals surface area contributed by atoms with Gasteiger partial charge in [-0.3, -0.25) is 0 Å². The summed E-state index contributed by atoms with van der Waals surface area (Å²) in [4.78, 5) is 12.1. The number of nitriles is 1. The van der Waals surface area contributed by atoms with E-state index < -0.39 is 0 Å². The van der Waals surface area contributed by atoms with Gasteiger partial charge in [-0.15, -0.1) is 0 Å². The van der Waals surface area contributed by atoms with E-state index in [-0.39, 0.29) is 6.61 Å². The fraction of sp³-hybridized carbons (Fsp3) is 0.450. The third kappa shape index (κ3) is 3.83. The third-order valence-electron chi connectivity index (χ3n) is 5.56. The molecule has 1 spiro atoms. The summed E-state index contributed by atoms with van der Waals surface area (Å²) in [5.41, 5.74) is 1.31. The summed E-state index contributed by atoms with van der Waals surface area (Å²) in [7, 11) is 0. The van der Waals surface area contributed by atoms with Crippen LogP contribution in [-0.2, 0) is 11.3 Å². The van der Waals surface area contributed by atoms with Gasteiger partial charge < -0.3 is 14.7 Å². The standard InChI is InChI=1S/C20H21ClN4O2S/c21-18-14(10-22)2-1-3-16(18)28-17-11-23-19(15(12-26)24-17)25-7-4-20(5-8-25)6-9-27-13-20/h1-3,11,26H,4-9,12-13H2. The molecule has 0 bridgehead atoms. The molecule has 8 heteroatoms. The molecule has 2 saturated heterocycles. The van der Waals surface area contributed by atoms with E-state index in [1.165, 1.54) is 11.8 Å². The number of anilines is 1. The molecule has 3 heterocycles. The molecule has 2 aliphatic heterocycles. The number of hydrogen-bond donors (Lipinski definition) is 1. The van der Waals surface area contributed by atoms with Gasteiger partial charge in [-0.05, 0) is 36.8 Å². The molecule has 6 nitrogen and oxygen atoms in total. The molecule has 0 saturated carbocycles. The predicted molar refractivity (Wildman–Crippen MR) is 108 cm³/mol. The van der Waals surface area contributed by atoms with Crippen molar-refractivity contribution in [2.24, 2.45) is 5.41 Å². The number of aliphatic hydroxyl groups excluding tert-OH is 1. The van der Waals surface area contributed by atoms with Crippen LogP contribution in [0.3, 0.4) is 0 Å². The first-order chi connectivity index (χ1) is 13.6. The van der Waals surface area contributed by atoms with Crippen molar-refractivity contribution < 1.29 is 9.84 Å². The second-order valence-electron chi connectivity index (χ2n) is 7.26. The highest BCUT2D eigenvalue weighted by molar-refractivity contribution is 7.99. The number of rotatable bonds is 4. The van der Waals surface area contributed by atoms with Crippen molar-refractivity contribution in [2.75, 3.05) is 31.2 Å². The van der Waals surface area contributed by atoms with Crippen LogP contribution in [0.15, 0.2) is 34.3 Å². The van der Waals surface area contributed by atoms with E-state index in [1.807, 2.05) is 6.07 Å². The second-order valence-corrected chi connectivity index (χ2v) is 8.70. The zero-order valence-electron chi connectivity index (χ0n) is 15.4. The molecule has 28 heavy (non-hydrogen) atoms. The van der Waals surface area contributed by atoms with E-state index in [0.717, 1.165) is 56.3 Å². The maximum absolute atomic E-state index is 9.85. The van der Waals surface area contributed by atoms with Crippen LogP contribution in [0.5, 0.6) is 0 Å². The minimum absolute atomic E-state index is 0.173. The Kier molecular flexibility index (Phi) is 5.74. The van der Waals surface area contributed by atoms with Crippen molar-refractivity contribution in [1.29, 1.82) is 5.26 Å². The molecule has 1 aromatic carbocycles. The van der Waals surface area contributed by atoms with Gasteiger partial charge in [0.2, 0.25) is 0 Å². The number of benzene rings is 1. The quantitative estimate of drug-likeness (QED) is 0.814. The minimum Gasteiger partial charge on any atom is -0.390 e. The molecule has 4 rings (SSSR count). The van der Waals surface area contributed by atoms with E-state index in [1.54, 1.807) is 18.3 Å². The first-order valence-corrected chi connectivity index (χ1v) is 10.5. The fourth-order valence-electron chi connectivity index (χ4n) is 3.85. The topological polar surface area (TPSA) is 82.3 Å². The molecule has 0 amide bonds. The number of hydrogen-bond acceptors (Lipinski definition) is 7. The summed E-state index contributed by atoms with van der Waals surface area (Å²) in [6.07, 6.45) is 4.99. The summed E-state index contributed by atoms with van der Waals surface area (Å²) in [6.45, 7) is 3.34. The summed E-state index contributed by atoms with van der Waals surface area (Å²) in [5.74, 6) is 0.748. The zero-order valence-corrected chi connectivity index (χ0v) is 17.0. The van der Waals surface area contributed by atoms with Gasteiger partial charge in [-0.2, -0.15) is 5.26 Å². The van der Waals surface area contributed by atoms with E-state index in [0.29, 0.717) is 26.7 Å². The van der Waals surface area contributed by atoms with E-state index in [2.05, 4.69) is 20.9 Å². The smallest absolute Gasteiger partial charge is 0.152 e. The molecule has 1 aromatic heterocycles. The van der Waals surface area contributed by atoms with Gasteiger partial charge in [-0.1, -0.05) is 29.4 Å². The Morgan fingerprint density at radius 2 is 2.14 bits per heavy atom. The highest BCUT2D eigenvalue weighted by atomic mass is 35.5. The molecular formula is C20H21ClN4O2S. The van der Waals surface area contributed by atoms with Crippen LogP contribution in [-0.4, -0.2) is 41.4 Å². The van der Waals surface area contributed by atoms with E-state index in [4.69, 9.17) is 21.6 Å². The molecule has 1 N–H and O–H groups in total. The van der Waals surface area contributed by atoms with Crippen LogP contribution < -0.4 is 4.90 Å². The monoisotopic (exact) mass is 416 g/mol. The predicted octanol–water partition coefficient (Wildman–Crippen LogP) is 3.65. The van der Waals surface area contributed by atoms with Crippen molar-refractivity contribution in [3.05, 3.63) is 40.7 Å².